The summed E-state index contributed by atoms with van der Waals surface area (Å²) in [7, 11) is 0. The summed E-state index contributed by atoms with van der Waals surface area (Å²) < 4.78 is 5.90. The molecule has 7 nitrogen and oxygen atoms in total. The fourth-order valence-corrected chi connectivity index (χ4v) is 6.07. The Kier molecular flexibility index (Phi) is 37.5. The highest BCUT2D eigenvalue weighted by Gasteiger charge is 2.19. The average Bonchev–Trinajstić information content (AvgIpc) is 3.13. The van der Waals surface area contributed by atoms with E-state index in [4.69, 9.17) is 10.5 Å². The Morgan fingerprint density at radius 2 is 1.06 bits per heavy atom. The first-order valence-electron chi connectivity index (χ1n) is 21.5. The van der Waals surface area contributed by atoms with Crippen LogP contribution in [-0.4, -0.2) is 41.6 Å². The number of carboxylic acids is 1. The van der Waals surface area contributed by atoms with Crippen molar-refractivity contribution in [3.63, 3.8) is 0 Å². The Bertz CT molecular complexity index is 957. The SMILES string of the molecule is CCCCCC/C=C\C(CCCCCCC(=O)NC(CCCN)C(=O)O)OC(=O)CCCCCCCC/C=C\C/C=C\C/C=C\CCCCCCC. The second kappa shape index (κ2) is 39.5. The summed E-state index contributed by atoms with van der Waals surface area (Å²) in [6, 6.07) is -0.872. The van der Waals surface area contributed by atoms with Gasteiger partial charge in [0.2, 0.25) is 5.91 Å². The maximum absolute atomic E-state index is 12.7. The molecule has 0 aromatic carbocycles. The lowest BCUT2D eigenvalue weighted by Gasteiger charge is -2.15. The number of carbonyl (C=O) groups excluding carboxylic acids is 2. The molecule has 52 heavy (non-hydrogen) atoms. The molecule has 0 saturated carbocycles. The number of allylic oxidation sites excluding steroid dienone is 7. The number of rotatable bonds is 38. The third-order valence-corrected chi connectivity index (χ3v) is 9.35. The van der Waals surface area contributed by atoms with Crippen molar-refractivity contribution in [2.45, 2.75) is 212 Å². The standard InChI is InChI=1S/C45H80N2O5/c1-3-5-7-9-11-12-13-14-15-16-17-18-19-20-21-22-23-24-25-27-33-39-44(49)52-41(35-30-26-10-8-6-4-2)36-31-28-29-32-38-43(48)47-42(45(50)51)37-34-40-46/h13-14,16-17,19-20,30,35,41-42H,3-12,15,18,21-29,31-34,36-40,46H2,1-2H3,(H,47,48)(H,50,51)/b14-13-,17-16-,20-19-,35-30-. The minimum absolute atomic E-state index is 0.104. The van der Waals surface area contributed by atoms with Gasteiger partial charge in [0, 0.05) is 12.8 Å². The Morgan fingerprint density at radius 3 is 1.63 bits per heavy atom. The number of nitrogens with one attached hydrogen (secondary N) is 1. The number of hydrogen-bond acceptors (Lipinski definition) is 5. The molecule has 2 atom stereocenters. The first kappa shape index (κ1) is 49.3. The third-order valence-electron chi connectivity index (χ3n) is 9.35. The van der Waals surface area contributed by atoms with Gasteiger partial charge in [0.25, 0.3) is 0 Å². The van der Waals surface area contributed by atoms with Crippen LogP contribution in [-0.2, 0) is 19.1 Å². The van der Waals surface area contributed by atoms with Gasteiger partial charge in [-0.1, -0.05) is 140 Å². The zero-order chi connectivity index (χ0) is 38.2. The monoisotopic (exact) mass is 729 g/mol. The van der Waals surface area contributed by atoms with Crippen LogP contribution < -0.4 is 11.1 Å². The van der Waals surface area contributed by atoms with Gasteiger partial charge in [0.15, 0.2) is 0 Å². The molecular formula is C45H80N2O5. The molecule has 0 saturated heterocycles. The molecule has 0 fully saturated rings. The number of esters is 1. The van der Waals surface area contributed by atoms with Crippen molar-refractivity contribution in [1.82, 2.24) is 5.32 Å². The van der Waals surface area contributed by atoms with Gasteiger partial charge in [0.1, 0.15) is 12.1 Å². The van der Waals surface area contributed by atoms with Crippen LogP contribution in [0.25, 0.3) is 0 Å². The average molecular weight is 729 g/mol. The summed E-state index contributed by atoms with van der Waals surface area (Å²) in [5.74, 6) is -1.35. The molecule has 0 aliphatic carbocycles. The minimum atomic E-state index is -1.02. The summed E-state index contributed by atoms with van der Waals surface area (Å²) >= 11 is 0. The molecule has 0 aliphatic heterocycles. The maximum atomic E-state index is 12.7. The number of carbonyl (C=O) groups is 3. The van der Waals surface area contributed by atoms with E-state index >= 15 is 0 Å². The minimum Gasteiger partial charge on any atom is -0.480 e. The molecule has 7 heteroatoms. The Balaban J connectivity index is 4.14. The number of carboxylic acid groups (broad SMARTS) is 1. The van der Waals surface area contributed by atoms with Crippen molar-refractivity contribution in [1.29, 1.82) is 0 Å². The van der Waals surface area contributed by atoms with Crippen LogP contribution in [0.1, 0.15) is 200 Å². The first-order valence-corrected chi connectivity index (χ1v) is 21.5. The van der Waals surface area contributed by atoms with Gasteiger partial charge in [0.05, 0.1) is 0 Å². The van der Waals surface area contributed by atoms with Crippen LogP contribution in [0.3, 0.4) is 0 Å². The molecule has 1 amide bonds. The van der Waals surface area contributed by atoms with Gasteiger partial charge in [-0.2, -0.15) is 0 Å². The lowest BCUT2D eigenvalue weighted by molar-refractivity contribution is -0.147. The van der Waals surface area contributed by atoms with Gasteiger partial charge in [-0.15, -0.1) is 0 Å². The third kappa shape index (κ3) is 35.7. The molecular weight excluding hydrogens is 649 g/mol. The second-order valence-corrected chi connectivity index (χ2v) is 14.4. The number of unbranched alkanes of at least 4 members (excludes halogenated alkanes) is 18. The highest BCUT2D eigenvalue weighted by atomic mass is 16.5. The van der Waals surface area contributed by atoms with Crippen LogP contribution in [0.15, 0.2) is 48.6 Å². The van der Waals surface area contributed by atoms with E-state index in [0.29, 0.717) is 38.6 Å². The van der Waals surface area contributed by atoms with Crippen LogP contribution in [0, 0.1) is 0 Å². The smallest absolute Gasteiger partial charge is 0.326 e. The molecule has 0 aliphatic rings. The molecule has 0 aromatic rings. The van der Waals surface area contributed by atoms with Crippen LogP contribution in [0.5, 0.6) is 0 Å². The topological polar surface area (TPSA) is 119 Å². The number of aliphatic carboxylic acids is 1. The predicted octanol–water partition coefficient (Wildman–Crippen LogP) is 12.0. The molecule has 0 radical (unpaired) electrons. The van der Waals surface area contributed by atoms with E-state index in [1.54, 1.807) is 0 Å². The molecule has 4 N–H and O–H groups in total. The van der Waals surface area contributed by atoms with Crippen molar-refractivity contribution < 1.29 is 24.2 Å². The van der Waals surface area contributed by atoms with Crippen LogP contribution >= 0.6 is 0 Å². The molecule has 0 spiro atoms. The Morgan fingerprint density at radius 1 is 0.577 bits per heavy atom. The van der Waals surface area contributed by atoms with Crippen molar-refractivity contribution in [3.8, 4) is 0 Å². The number of amides is 1. The van der Waals surface area contributed by atoms with Gasteiger partial charge in [-0.05, 0) is 103 Å². The summed E-state index contributed by atoms with van der Waals surface area (Å²) in [5.41, 5.74) is 5.47. The van der Waals surface area contributed by atoms with E-state index in [0.717, 1.165) is 77.0 Å². The molecule has 0 bridgehead atoms. The predicted molar refractivity (Wildman–Crippen MR) is 220 cm³/mol. The Labute approximate surface area is 319 Å². The number of hydrogen-bond donors (Lipinski definition) is 3. The fraction of sp³-hybridized carbons (Fsp3) is 0.756. The van der Waals surface area contributed by atoms with Gasteiger partial charge < -0.3 is 20.9 Å². The highest BCUT2D eigenvalue weighted by molar-refractivity contribution is 5.83. The van der Waals surface area contributed by atoms with Crippen molar-refractivity contribution in [2.24, 2.45) is 5.73 Å². The van der Waals surface area contributed by atoms with E-state index in [9.17, 15) is 19.5 Å². The molecule has 300 valence electrons. The lowest BCUT2D eigenvalue weighted by atomic mass is 10.1. The van der Waals surface area contributed by atoms with Crippen molar-refractivity contribution >= 4 is 17.8 Å². The van der Waals surface area contributed by atoms with Gasteiger partial charge in [-0.3, -0.25) is 9.59 Å². The lowest BCUT2D eigenvalue weighted by Crippen LogP contribution is -2.40. The van der Waals surface area contributed by atoms with E-state index in [1.807, 2.05) is 0 Å². The van der Waals surface area contributed by atoms with Crippen molar-refractivity contribution in [3.05, 3.63) is 48.6 Å². The van der Waals surface area contributed by atoms with Crippen molar-refractivity contribution in [2.75, 3.05) is 6.54 Å². The summed E-state index contributed by atoms with van der Waals surface area (Å²) in [4.78, 5) is 36.2. The summed E-state index contributed by atoms with van der Waals surface area (Å²) in [6.07, 6.45) is 47.5. The van der Waals surface area contributed by atoms with Crippen LogP contribution in [0.4, 0.5) is 0 Å². The van der Waals surface area contributed by atoms with E-state index in [1.165, 1.54) is 77.0 Å². The van der Waals surface area contributed by atoms with Gasteiger partial charge in [-0.25, -0.2) is 4.79 Å². The zero-order valence-electron chi connectivity index (χ0n) is 33.6. The Hall–Kier alpha value is -2.67. The quantitative estimate of drug-likeness (QED) is 0.0331. The summed E-state index contributed by atoms with van der Waals surface area (Å²) in [5, 5.41) is 11.9. The van der Waals surface area contributed by atoms with Crippen LogP contribution in [0.2, 0.25) is 0 Å². The normalized spacial score (nSPS) is 13.1. The molecule has 0 heterocycles. The number of ether oxygens (including phenoxy) is 1. The first-order chi connectivity index (χ1) is 25.4. The van der Waals surface area contributed by atoms with E-state index in [2.05, 4.69) is 67.8 Å². The number of nitrogens with two attached hydrogens (primary N) is 1. The zero-order valence-corrected chi connectivity index (χ0v) is 33.6. The maximum Gasteiger partial charge on any atom is 0.326 e. The fourth-order valence-electron chi connectivity index (χ4n) is 6.07. The highest BCUT2D eigenvalue weighted by Crippen LogP contribution is 2.15. The molecule has 0 aromatic heterocycles. The molecule has 0 rings (SSSR count). The largest absolute Gasteiger partial charge is 0.480 e. The van der Waals surface area contributed by atoms with E-state index in [-0.39, 0.29) is 18.0 Å². The van der Waals surface area contributed by atoms with E-state index < -0.39 is 12.0 Å². The molecule has 2 unspecified atom stereocenters. The summed E-state index contributed by atoms with van der Waals surface area (Å²) in [6.45, 7) is 4.88. The second-order valence-electron chi connectivity index (χ2n) is 14.4. The van der Waals surface area contributed by atoms with Gasteiger partial charge >= 0.3 is 11.9 Å².